The number of aromatic nitrogens is 4. The molecule has 8 heteroatoms. The molecule has 1 atom stereocenters. The van der Waals surface area contributed by atoms with Gasteiger partial charge in [0.1, 0.15) is 5.82 Å². The Morgan fingerprint density at radius 3 is 2.65 bits per heavy atom. The minimum Gasteiger partial charge on any atom is -0.335 e. The Bertz CT molecular complexity index is 990. The molecule has 0 saturated heterocycles. The van der Waals surface area contributed by atoms with E-state index in [-0.39, 0.29) is 17.3 Å². The molecule has 1 aromatic carbocycles. The monoisotopic (exact) mass is 355 g/mol. The van der Waals surface area contributed by atoms with Crippen LogP contribution in [0.15, 0.2) is 47.4 Å². The Labute approximate surface area is 149 Å². The van der Waals surface area contributed by atoms with Crippen molar-refractivity contribution in [3.05, 3.63) is 75.6 Å². The highest BCUT2D eigenvalue weighted by atomic mass is 19.1. The summed E-state index contributed by atoms with van der Waals surface area (Å²) in [4.78, 5) is 25.5. The Balaban J connectivity index is 1.89. The smallest absolute Gasteiger partial charge is 0.264 e. The van der Waals surface area contributed by atoms with Gasteiger partial charge in [-0.2, -0.15) is 10.2 Å². The van der Waals surface area contributed by atoms with Gasteiger partial charge in [-0.05, 0) is 26.0 Å². The lowest BCUT2D eigenvalue weighted by Gasteiger charge is -2.25. The normalized spacial score (nSPS) is 12.0. The van der Waals surface area contributed by atoms with E-state index in [1.165, 1.54) is 34.0 Å². The van der Waals surface area contributed by atoms with E-state index in [0.717, 1.165) is 0 Å². The lowest BCUT2D eigenvalue weighted by Crippen LogP contribution is -2.30. The predicted molar refractivity (Wildman–Crippen MR) is 93.6 cm³/mol. The number of benzene rings is 1. The van der Waals surface area contributed by atoms with Crippen LogP contribution in [0.1, 0.15) is 34.6 Å². The molecule has 0 saturated carbocycles. The van der Waals surface area contributed by atoms with Crippen LogP contribution in [-0.4, -0.2) is 37.8 Å². The molecule has 0 spiro atoms. The molecule has 1 amide bonds. The number of halogens is 1. The molecule has 3 rings (SSSR count). The summed E-state index contributed by atoms with van der Waals surface area (Å²) in [6, 6.07) is 8.77. The number of nitrogens with zero attached hydrogens (tertiary/aromatic N) is 4. The molecule has 7 nitrogen and oxygen atoms in total. The second-order valence-corrected chi connectivity index (χ2v) is 5.95. The molecule has 3 aromatic rings. The number of hydrogen-bond donors (Lipinski definition) is 1. The third-order valence-electron chi connectivity index (χ3n) is 4.38. The number of hydrogen-bond acceptors (Lipinski definition) is 4. The van der Waals surface area contributed by atoms with Gasteiger partial charge in [0.15, 0.2) is 5.82 Å². The maximum absolute atomic E-state index is 14.0. The van der Waals surface area contributed by atoms with Crippen LogP contribution in [0.4, 0.5) is 4.39 Å². The van der Waals surface area contributed by atoms with Crippen LogP contribution >= 0.6 is 0 Å². The van der Waals surface area contributed by atoms with Gasteiger partial charge < -0.3 is 4.90 Å². The van der Waals surface area contributed by atoms with E-state index in [2.05, 4.69) is 15.3 Å². The van der Waals surface area contributed by atoms with Gasteiger partial charge in [0.05, 0.1) is 23.5 Å². The highest BCUT2D eigenvalue weighted by molar-refractivity contribution is 5.95. The molecule has 134 valence electrons. The fraction of sp³-hybridized carbons (Fsp3) is 0.222. The first-order chi connectivity index (χ1) is 12.4. The Kier molecular flexibility index (Phi) is 4.66. The molecular formula is C18H18FN5O2. The highest BCUT2D eigenvalue weighted by Crippen LogP contribution is 2.24. The number of rotatable bonds is 4. The summed E-state index contributed by atoms with van der Waals surface area (Å²) in [5.41, 5.74) is 1.06. The van der Waals surface area contributed by atoms with Crippen molar-refractivity contribution < 1.29 is 9.18 Å². The predicted octanol–water partition coefficient (Wildman–Crippen LogP) is 2.24. The van der Waals surface area contributed by atoms with Gasteiger partial charge >= 0.3 is 0 Å². The average molecular weight is 355 g/mol. The topological polar surface area (TPSA) is 83.9 Å². The summed E-state index contributed by atoms with van der Waals surface area (Å²) < 4.78 is 15.5. The molecule has 26 heavy (non-hydrogen) atoms. The van der Waals surface area contributed by atoms with E-state index in [1.807, 2.05) is 0 Å². The maximum Gasteiger partial charge on any atom is 0.264 e. The lowest BCUT2D eigenvalue weighted by molar-refractivity contribution is 0.0739. The number of carbonyl (C=O) groups is 1. The summed E-state index contributed by atoms with van der Waals surface area (Å²) in [5, 5.41) is 10.4. The van der Waals surface area contributed by atoms with E-state index in [0.29, 0.717) is 22.6 Å². The summed E-state index contributed by atoms with van der Waals surface area (Å²) in [7, 11) is 1.62. The van der Waals surface area contributed by atoms with Gasteiger partial charge in [0.2, 0.25) is 0 Å². The minimum absolute atomic E-state index is 0.283. The van der Waals surface area contributed by atoms with Gasteiger partial charge in [-0.15, -0.1) is 0 Å². The lowest BCUT2D eigenvalue weighted by atomic mass is 10.1. The SMILES string of the molecule is Cc1c(C(=O)N(C)C(C)c2ccccc2F)cnn1-c1ccc(=O)[nH]n1. The third-order valence-corrected chi connectivity index (χ3v) is 4.38. The zero-order chi connectivity index (χ0) is 18.8. The van der Waals surface area contributed by atoms with Crippen molar-refractivity contribution in [2.24, 2.45) is 0 Å². The van der Waals surface area contributed by atoms with Crippen LogP contribution < -0.4 is 5.56 Å². The summed E-state index contributed by atoms with van der Waals surface area (Å²) >= 11 is 0. The molecule has 1 N–H and O–H groups in total. The molecule has 0 aliphatic heterocycles. The Morgan fingerprint density at radius 2 is 2.00 bits per heavy atom. The second kappa shape index (κ2) is 6.91. The molecular weight excluding hydrogens is 337 g/mol. The van der Waals surface area contributed by atoms with E-state index < -0.39 is 6.04 Å². The van der Waals surface area contributed by atoms with Crippen molar-refractivity contribution >= 4 is 5.91 Å². The zero-order valence-corrected chi connectivity index (χ0v) is 14.6. The van der Waals surface area contributed by atoms with Crippen molar-refractivity contribution in [3.8, 4) is 5.82 Å². The number of H-pyrrole nitrogens is 1. The fourth-order valence-corrected chi connectivity index (χ4v) is 2.69. The standard InChI is InChI=1S/C18H18FN5O2/c1-11(13-6-4-5-7-15(13)19)23(3)18(26)14-10-20-24(12(14)2)16-8-9-17(25)22-21-16/h4-11H,1-3H3,(H,22,25). The van der Waals surface area contributed by atoms with Crippen LogP contribution in [0.25, 0.3) is 5.82 Å². The first-order valence-corrected chi connectivity index (χ1v) is 8.02. The van der Waals surface area contributed by atoms with Crippen LogP contribution in [0, 0.1) is 12.7 Å². The number of carbonyl (C=O) groups excluding carboxylic acids is 1. The van der Waals surface area contributed by atoms with Gasteiger partial charge in [-0.25, -0.2) is 14.2 Å². The number of amides is 1. The van der Waals surface area contributed by atoms with Crippen molar-refractivity contribution in [3.63, 3.8) is 0 Å². The zero-order valence-electron chi connectivity index (χ0n) is 14.6. The van der Waals surface area contributed by atoms with E-state index in [1.54, 1.807) is 39.1 Å². The molecule has 1 unspecified atom stereocenters. The quantitative estimate of drug-likeness (QED) is 0.778. The van der Waals surface area contributed by atoms with Crippen molar-refractivity contribution in [2.45, 2.75) is 19.9 Å². The largest absolute Gasteiger partial charge is 0.335 e. The second-order valence-electron chi connectivity index (χ2n) is 5.95. The third kappa shape index (κ3) is 3.13. The van der Waals surface area contributed by atoms with Crippen molar-refractivity contribution in [1.82, 2.24) is 24.9 Å². The number of nitrogens with one attached hydrogen (secondary N) is 1. The van der Waals surface area contributed by atoms with Crippen LogP contribution in [0.3, 0.4) is 0 Å². The van der Waals surface area contributed by atoms with Crippen molar-refractivity contribution in [1.29, 1.82) is 0 Å². The summed E-state index contributed by atoms with van der Waals surface area (Å²) in [5.74, 6) is -0.246. The van der Waals surface area contributed by atoms with Crippen LogP contribution in [0.2, 0.25) is 0 Å². The van der Waals surface area contributed by atoms with Crippen LogP contribution in [-0.2, 0) is 0 Å². The van der Waals surface area contributed by atoms with Crippen molar-refractivity contribution in [2.75, 3.05) is 7.05 Å². The molecule has 0 aliphatic carbocycles. The first-order valence-electron chi connectivity index (χ1n) is 8.02. The van der Waals surface area contributed by atoms with E-state index in [4.69, 9.17) is 0 Å². The molecule has 0 bridgehead atoms. The minimum atomic E-state index is -0.447. The summed E-state index contributed by atoms with van der Waals surface area (Å²) in [6.45, 7) is 3.49. The number of aromatic amines is 1. The van der Waals surface area contributed by atoms with Gasteiger partial charge in [-0.1, -0.05) is 18.2 Å². The Hall–Kier alpha value is -3.29. The molecule has 2 heterocycles. The molecule has 0 aliphatic rings. The van der Waals surface area contributed by atoms with E-state index in [9.17, 15) is 14.0 Å². The first kappa shape index (κ1) is 17.5. The average Bonchev–Trinajstić information content (AvgIpc) is 3.02. The molecule has 2 aromatic heterocycles. The highest BCUT2D eigenvalue weighted by Gasteiger charge is 2.24. The van der Waals surface area contributed by atoms with Crippen LogP contribution in [0.5, 0.6) is 0 Å². The molecule has 0 fully saturated rings. The Morgan fingerprint density at radius 1 is 1.27 bits per heavy atom. The molecule has 0 radical (unpaired) electrons. The van der Waals surface area contributed by atoms with E-state index >= 15 is 0 Å². The fourth-order valence-electron chi connectivity index (χ4n) is 2.69. The summed E-state index contributed by atoms with van der Waals surface area (Å²) in [6.07, 6.45) is 1.44. The maximum atomic E-state index is 14.0. The van der Waals surface area contributed by atoms with Gasteiger partial charge in [0.25, 0.3) is 11.5 Å². The van der Waals surface area contributed by atoms with Gasteiger partial charge in [0, 0.05) is 18.7 Å². The van der Waals surface area contributed by atoms with Gasteiger partial charge in [-0.3, -0.25) is 9.59 Å².